The van der Waals surface area contributed by atoms with Gasteiger partial charge in [0.1, 0.15) is 23.4 Å². The van der Waals surface area contributed by atoms with E-state index in [0.717, 1.165) is 42.0 Å². The molecule has 4 rings (SSSR count). The second kappa shape index (κ2) is 7.44. The Morgan fingerprint density at radius 2 is 1.52 bits per heavy atom. The second-order valence-corrected chi connectivity index (χ2v) is 10.7. The topological polar surface area (TPSA) is 38.3 Å². The van der Waals surface area contributed by atoms with Crippen LogP contribution in [-0.4, -0.2) is 16.8 Å². The number of hydrogen-bond donors (Lipinski definition) is 1. The summed E-state index contributed by atoms with van der Waals surface area (Å²) in [5, 5.41) is 11.1. The Balaban J connectivity index is 1.92. The predicted octanol–water partition coefficient (Wildman–Crippen LogP) is 5.69. The lowest BCUT2D eigenvalue weighted by molar-refractivity contribution is -0.679. The highest BCUT2D eigenvalue weighted by Crippen LogP contribution is 2.42. The summed E-state index contributed by atoms with van der Waals surface area (Å²) >= 11 is 0. The average molecular weight is 420 g/mol. The van der Waals surface area contributed by atoms with Gasteiger partial charge in [0.05, 0.1) is 20.1 Å². The highest BCUT2D eigenvalue weighted by Gasteiger charge is 2.32. The van der Waals surface area contributed by atoms with Gasteiger partial charge in [-0.2, -0.15) is 4.57 Å². The van der Waals surface area contributed by atoms with Gasteiger partial charge >= 0.3 is 0 Å². The average Bonchev–Trinajstić information content (AvgIpc) is 3.29. The molecule has 0 unspecified atom stereocenters. The van der Waals surface area contributed by atoms with Crippen LogP contribution in [0.5, 0.6) is 11.5 Å². The number of fused-ring (bicyclic) bond motifs is 1. The Morgan fingerprint density at radius 1 is 0.935 bits per heavy atom. The number of hydrogen-bond acceptors (Lipinski definition) is 2. The van der Waals surface area contributed by atoms with Crippen LogP contribution in [0.4, 0.5) is 0 Å². The quantitative estimate of drug-likeness (QED) is 0.554. The summed E-state index contributed by atoms with van der Waals surface area (Å²) in [7, 11) is 1.70. The van der Waals surface area contributed by atoms with Crippen molar-refractivity contribution in [3.05, 3.63) is 59.5 Å². The first-order valence-corrected chi connectivity index (χ1v) is 11.2. The van der Waals surface area contributed by atoms with Gasteiger partial charge in [-0.15, -0.1) is 0 Å². The minimum Gasteiger partial charge on any atom is -0.507 e. The van der Waals surface area contributed by atoms with Crippen LogP contribution in [0.25, 0.3) is 16.9 Å². The summed E-state index contributed by atoms with van der Waals surface area (Å²) in [6.07, 6.45) is 4.46. The molecule has 0 aliphatic carbocycles. The lowest BCUT2D eigenvalue weighted by atomic mass is 9.78. The van der Waals surface area contributed by atoms with Crippen molar-refractivity contribution in [1.82, 2.24) is 4.57 Å². The third-order valence-corrected chi connectivity index (χ3v) is 6.29. The summed E-state index contributed by atoms with van der Waals surface area (Å²) in [5.41, 5.74) is 5.23. The van der Waals surface area contributed by atoms with E-state index in [1.165, 1.54) is 17.1 Å². The molecule has 4 nitrogen and oxygen atoms in total. The van der Waals surface area contributed by atoms with Gasteiger partial charge in [-0.3, -0.25) is 0 Å². The third-order valence-electron chi connectivity index (χ3n) is 6.29. The maximum atomic E-state index is 11.1. The molecular formula is C27H35N2O2+. The van der Waals surface area contributed by atoms with Gasteiger partial charge in [0.2, 0.25) is 0 Å². The van der Waals surface area contributed by atoms with Crippen molar-refractivity contribution in [2.24, 2.45) is 0 Å². The van der Waals surface area contributed by atoms with E-state index in [-0.39, 0.29) is 10.8 Å². The molecular weight excluding hydrogens is 384 g/mol. The van der Waals surface area contributed by atoms with Crippen LogP contribution in [0.1, 0.15) is 64.9 Å². The first-order chi connectivity index (χ1) is 14.5. The Labute approximate surface area is 186 Å². The van der Waals surface area contributed by atoms with E-state index in [1.54, 1.807) is 7.11 Å². The molecule has 2 aromatic carbocycles. The number of phenols is 1. The number of benzene rings is 2. The van der Waals surface area contributed by atoms with Gasteiger partial charge in [0.15, 0.2) is 5.69 Å². The number of nitrogens with zero attached hydrogens (tertiary/aromatic N) is 2. The molecule has 0 atom stereocenters. The number of phenolic OH excluding ortho intramolecular Hbond substituents is 1. The van der Waals surface area contributed by atoms with Crippen LogP contribution < -0.4 is 9.30 Å². The van der Waals surface area contributed by atoms with E-state index in [2.05, 4.69) is 81.1 Å². The minimum atomic E-state index is -0.146. The first-order valence-electron chi connectivity index (χ1n) is 11.2. The van der Waals surface area contributed by atoms with Crippen molar-refractivity contribution < 1.29 is 14.4 Å². The zero-order valence-corrected chi connectivity index (χ0v) is 19.9. The summed E-state index contributed by atoms with van der Waals surface area (Å²) in [4.78, 5) is 0. The zero-order chi connectivity index (χ0) is 22.6. The van der Waals surface area contributed by atoms with Crippen molar-refractivity contribution in [1.29, 1.82) is 0 Å². The van der Waals surface area contributed by atoms with Gasteiger partial charge in [-0.05, 0) is 53.6 Å². The second-order valence-electron chi connectivity index (χ2n) is 10.7. The van der Waals surface area contributed by atoms with E-state index in [1.807, 2.05) is 12.1 Å². The fraction of sp³-hybridized carbons (Fsp3) is 0.444. The van der Waals surface area contributed by atoms with Crippen LogP contribution in [0, 0.1) is 0 Å². The zero-order valence-electron chi connectivity index (χ0n) is 19.9. The van der Waals surface area contributed by atoms with Gasteiger partial charge in [-0.1, -0.05) is 41.5 Å². The molecule has 0 saturated heterocycles. The standard InChI is InChI=1S/C27H34N2O2/c1-26(2,3)21-15-18(16-22(25(21)30)27(4,5)6)23-17-29(24-9-8-14-28(23)24)19-10-12-20(31-7)13-11-19/h10-13,15-17H,8-9,14H2,1-7H3/p+1. The normalized spacial score (nSPS) is 14.0. The highest BCUT2D eigenvalue weighted by atomic mass is 16.5. The monoisotopic (exact) mass is 419 g/mol. The van der Waals surface area contributed by atoms with Gasteiger partial charge < -0.3 is 9.84 Å². The smallest absolute Gasteiger partial charge is 0.262 e. The van der Waals surface area contributed by atoms with Crippen LogP contribution in [0.3, 0.4) is 0 Å². The van der Waals surface area contributed by atoms with Crippen LogP contribution >= 0.6 is 0 Å². The van der Waals surface area contributed by atoms with Gasteiger partial charge in [0, 0.05) is 16.7 Å². The molecule has 0 spiro atoms. The van der Waals surface area contributed by atoms with Crippen molar-refractivity contribution in [2.75, 3.05) is 7.11 Å². The van der Waals surface area contributed by atoms with Crippen LogP contribution in [-0.2, 0) is 23.8 Å². The summed E-state index contributed by atoms with van der Waals surface area (Å²) in [5.74, 6) is 2.62. The maximum Gasteiger partial charge on any atom is 0.262 e. The SMILES string of the molecule is COc1ccc(-n2cc(-c3cc(C(C)(C)C)c(O)c(C(C)(C)C)c3)[n+]3c2CCC3)cc1. The minimum absolute atomic E-state index is 0.146. The molecule has 164 valence electrons. The van der Waals surface area contributed by atoms with Crippen LogP contribution in [0.2, 0.25) is 0 Å². The summed E-state index contributed by atoms with van der Waals surface area (Å²) < 4.78 is 10.1. The number of methoxy groups -OCH3 is 1. The number of ether oxygens (including phenoxy) is 1. The molecule has 31 heavy (non-hydrogen) atoms. The Kier molecular flexibility index (Phi) is 5.15. The Bertz CT molecular complexity index is 1070. The molecule has 0 bridgehead atoms. The summed E-state index contributed by atoms with van der Waals surface area (Å²) in [6, 6.07) is 12.6. The van der Waals surface area contributed by atoms with Crippen LogP contribution in [0.15, 0.2) is 42.6 Å². The number of aromatic hydroxyl groups is 1. The van der Waals surface area contributed by atoms with Crippen molar-refractivity contribution in [2.45, 2.75) is 71.8 Å². The number of imidazole rings is 1. The van der Waals surface area contributed by atoms with Crippen molar-refractivity contribution >= 4 is 0 Å². The molecule has 0 saturated carbocycles. The predicted molar refractivity (Wildman–Crippen MR) is 125 cm³/mol. The lowest BCUT2D eigenvalue weighted by Crippen LogP contribution is -2.34. The number of aromatic nitrogens is 2. The molecule has 3 aromatic rings. The Hall–Kier alpha value is -2.75. The molecule has 1 N–H and O–H groups in total. The third kappa shape index (κ3) is 3.84. The van der Waals surface area contributed by atoms with E-state index < -0.39 is 0 Å². The molecule has 1 aromatic heterocycles. The van der Waals surface area contributed by atoms with Crippen molar-refractivity contribution in [3.63, 3.8) is 0 Å². The molecule has 2 heterocycles. The molecule has 0 amide bonds. The Morgan fingerprint density at radius 3 is 2.03 bits per heavy atom. The van der Waals surface area contributed by atoms with E-state index in [4.69, 9.17) is 4.74 Å². The summed E-state index contributed by atoms with van der Waals surface area (Å²) in [6.45, 7) is 14.0. The number of rotatable bonds is 3. The fourth-order valence-electron chi connectivity index (χ4n) is 4.56. The van der Waals surface area contributed by atoms with E-state index in [0.29, 0.717) is 5.75 Å². The first kappa shape index (κ1) is 21.5. The van der Waals surface area contributed by atoms with E-state index >= 15 is 0 Å². The van der Waals surface area contributed by atoms with E-state index in [9.17, 15) is 5.11 Å². The molecule has 4 heteroatoms. The van der Waals surface area contributed by atoms with Gasteiger partial charge in [0.25, 0.3) is 5.82 Å². The molecule has 1 aliphatic heterocycles. The molecule has 1 aliphatic rings. The van der Waals surface area contributed by atoms with Crippen molar-refractivity contribution in [3.8, 4) is 28.4 Å². The molecule has 0 radical (unpaired) electrons. The fourth-order valence-corrected chi connectivity index (χ4v) is 4.56. The largest absolute Gasteiger partial charge is 0.507 e. The lowest BCUT2D eigenvalue weighted by Gasteiger charge is -2.28. The van der Waals surface area contributed by atoms with Gasteiger partial charge in [-0.25, -0.2) is 4.57 Å². The highest BCUT2D eigenvalue weighted by molar-refractivity contribution is 5.65. The maximum absolute atomic E-state index is 11.1. The molecule has 0 fully saturated rings.